The first kappa shape index (κ1) is 11.9. The normalized spacial score (nSPS) is 11.3. The average molecular weight is 226 g/mol. The summed E-state index contributed by atoms with van der Waals surface area (Å²) in [7, 11) is -0.497. The first-order chi connectivity index (χ1) is 6.86. The molecule has 0 saturated carbocycles. The molecule has 1 aromatic carbocycles. The van der Waals surface area contributed by atoms with Crippen molar-refractivity contribution in [3.8, 4) is 5.75 Å². The summed E-state index contributed by atoms with van der Waals surface area (Å²) in [6.45, 7) is 5.83. The van der Waals surface area contributed by atoms with Gasteiger partial charge in [0, 0.05) is 5.56 Å². The summed E-state index contributed by atoms with van der Waals surface area (Å²) in [6.07, 6.45) is 0. The average Bonchev–Trinajstić information content (AvgIpc) is 2.15. The third-order valence-corrected chi connectivity index (χ3v) is 3.75. The highest BCUT2D eigenvalue weighted by Crippen LogP contribution is 2.20. The van der Waals surface area contributed by atoms with Crippen LogP contribution in [0.1, 0.15) is 10.4 Å². The third kappa shape index (κ3) is 2.65. The Balaban J connectivity index is 3.08. The zero-order chi connectivity index (χ0) is 11.6. The van der Waals surface area contributed by atoms with Gasteiger partial charge < -0.3 is 9.53 Å². The van der Waals surface area contributed by atoms with Crippen LogP contribution in [0.5, 0.6) is 5.75 Å². The van der Waals surface area contributed by atoms with Crippen molar-refractivity contribution in [2.24, 2.45) is 0 Å². The number of carbonyl (C=O) groups is 1. The lowest BCUT2D eigenvalue weighted by molar-refractivity contribution is 0.106. The van der Waals surface area contributed by atoms with Crippen LogP contribution in [0.3, 0.4) is 0 Å². The molecular weight excluding hydrogens is 211 g/mol. The van der Waals surface area contributed by atoms with E-state index in [1.807, 2.05) is 19.6 Å². The van der Waals surface area contributed by atoms with E-state index < -0.39 is 13.9 Å². The predicted octanol–water partition coefficient (Wildman–Crippen LogP) is 2.89. The molecular formula is C11H15FO2Si. The van der Waals surface area contributed by atoms with Gasteiger partial charge in [-0.2, -0.15) is 0 Å². The lowest BCUT2D eigenvalue weighted by atomic mass is 10.2. The minimum atomic E-state index is -1.90. The van der Waals surface area contributed by atoms with Crippen LogP contribution in [0.15, 0.2) is 18.2 Å². The number of halogens is 1. The summed E-state index contributed by atoms with van der Waals surface area (Å²) in [5.41, 5.74) is 0.437. The van der Waals surface area contributed by atoms with Crippen LogP contribution >= 0.6 is 0 Å². The highest BCUT2D eigenvalue weighted by molar-refractivity contribution is 7.05. The van der Waals surface area contributed by atoms with Gasteiger partial charge in [-0.1, -0.05) is 19.6 Å². The summed E-state index contributed by atoms with van der Waals surface area (Å²) >= 11 is 0. The first-order valence-electron chi connectivity index (χ1n) is 4.74. The number of rotatable bonds is 3. The van der Waals surface area contributed by atoms with Crippen molar-refractivity contribution in [1.29, 1.82) is 0 Å². The molecule has 0 aliphatic rings. The molecule has 1 aromatic rings. The zero-order valence-corrected chi connectivity index (χ0v) is 10.4. The zero-order valence-electron chi connectivity index (χ0n) is 9.43. The molecule has 82 valence electrons. The Labute approximate surface area is 90.1 Å². The van der Waals surface area contributed by atoms with E-state index in [1.165, 1.54) is 19.2 Å². The van der Waals surface area contributed by atoms with Gasteiger partial charge >= 0.3 is 0 Å². The van der Waals surface area contributed by atoms with Crippen LogP contribution in [0, 0.1) is 5.82 Å². The third-order valence-electron chi connectivity index (χ3n) is 2.10. The van der Waals surface area contributed by atoms with Gasteiger partial charge in [0.25, 0.3) is 0 Å². The quantitative estimate of drug-likeness (QED) is 0.741. The van der Waals surface area contributed by atoms with Gasteiger partial charge in [-0.05, 0) is 18.2 Å². The van der Waals surface area contributed by atoms with E-state index in [0.29, 0.717) is 5.56 Å². The molecule has 0 unspecified atom stereocenters. The molecule has 0 bridgehead atoms. The Bertz CT molecular complexity index is 383. The van der Waals surface area contributed by atoms with Gasteiger partial charge in [0.05, 0.1) is 7.11 Å². The molecule has 0 spiro atoms. The van der Waals surface area contributed by atoms with Crippen LogP contribution in [0.2, 0.25) is 19.6 Å². The Morgan fingerprint density at radius 2 is 1.93 bits per heavy atom. The monoisotopic (exact) mass is 226 g/mol. The molecule has 0 aliphatic carbocycles. The van der Waals surface area contributed by atoms with E-state index in [1.54, 1.807) is 6.07 Å². The SMILES string of the molecule is COc1ccc(C(=O)[Si](C)(C)C)cc1F. The second-order valence-corrected chi connectivity index (χ2v) is 9.38. The van der Waals surface area contributed by atoms with Crippen molar-refractivity contribution in [2.45, 2.75) is 19.6 Å². The number of benzene rings is 1. The van der Waals surface area contributed by atoms with Crippen LogP contribution in [0.4, 0.5) is 4.39 Å². The number of ether oxygens (including phenoxy) is 1. The molecule has 0 atom stereocenters. The van der Waals surface area contributed by atoms with Crippen molar-refractivity contribution in [3.63, 3.8) is 0 Å². The molecule has 0 fully saturated rings. The van der Waals surface area contributed by atoms with E-state index in [-0.39, 0.29) is 11.2 Å². The summed E-state index contributed by atoms with van der Waals surface area (Å²) in [4.78, 5) is 11.9. The standard InChI is InChI=1S/C11H15FO2Si/c1-14-10-6-5-8(7-9(10)12)11(13)15(2,3)4/h5-7H,1-4H3. The summed E-state index contributed by atoms with van der Waals surface area (Å²) in [5, 5.41) is 0.0593. The van der Waals surface area contributed by atoms with Gasteiger partial charge in [0.2, 0.25) is 0 Å². The molecule has 1 rings (SSSR count). The fourth-order valence-electron chi connectivity index (χ4n) is 1.24. The fourth-order valence-corrected chi connectivity index (χ4v) is 2.26. The van der Waals surface area contributed by atoms with Crippen molar-refractivity contribution in [2.75, 3.05) is 7.11 Å². The van der Waals surface area contributed by atoms with Crippen molar-refractivity contribution in [1.82, 2.24) is 0 Å². The maximum absolute atomic E-state index is 13.3. The van der Waals surface area contributed by atoms with Crippen LogP contribution in [-0.2, 0) is 0 Å². The van der Waals surface area contributed by atoms with E-state index in [4.69, 9.17) is 4.74 Å². The lowest BCUT2D eigenvalue weighted by Gasteiger charge is -2.14. The summed E-state index contributed by atoms with van der Waals surface area (Å²) in [5.74, 6) is -0.316. The number of hydrogen-bond donors (Lipinski definition) is 0. The summed E-state index contributed by atoms with van der Waals surface area (Å²) in [6, 6.07) is 4.35. The molecule has 0 saturated heterocycles. The van der Waals surface area contributed by atoms with E-state index in [0.717, 1.165) is 0 Å². The molecule has 0 amide bonds. The van der Waals surface area contributed by atoms with E-state index >= 15 is 0 Å². The predicted molar refractivity (Wildman–Crippen MR) is 60.6 cm³/mol. The highest BCUT2D eigenvalue weighted by Gasteiger charge is 2.26. The maximum Gasteiger partial charge on any atom is 0.165 e. The smallest absolute Gasteiger partial charge is 0.165 e. The second kappa shape index (κ2) is 4.14. The maximum atomic E-state index is 13.3. The van der Waals surface area contributed by atoms with Gasteiger partial charge in [0.15, 0.2) is 11.6 Å². The van der Waals surface area contributed by atoms with Crippen molar-refractivity contribution in [3.05, 3.63) is 29.6 Å². The van der Waals surface area contributed by atoms with Gasteiger partial charge in [-0.15, -0.1) is 0 Å². The largest absolute Gasteiger partial charge is 0.494 e. The Hall–Kier alpha value is -1.16. The molecule has 0 aromatic heterocycles. The molecule has 0 radical (unpaired) electrons. The highest BCUT2D eigenvalue weighted by atomic mass is 28.3. The van der Waals surface area contributed by atoms with Crippen LogP contribution in [-0.4, -0.2) is 20.6 Å². The van der Waals surface area contributed by atoms with E-state index in [2.05, 4.69) is 0 Å². The Morgan fingerprint density at radius 3 is 2.33 bits per heavy atom. The van der Waals surface area contributed by atoms with Gasteiger partial charge in [-0.3, -0.25) is 0 Å². The second-order valence-electron chi connectivity index (χ2n) is 4.43. The topological polar surface area (TPSA) is 26.3 Å². The Morgan fingerprint density at radius 1 is 1.33 bits per heavy atom. The summed E-state index contributed by atoms with van der Waals surface area (Å²) < 4.78 is 18.1. The van der Waals surface area contributed by atoms with E-state index in [9.17, 15) is 9.18 Å². The van der Waals surface area contributed by atoms with Crippen molar-refractivity contribution < 1.29 is 13.9 Å². The minimum absolute atomic E-state index is 0.0593. The molecule has 0 aliphatic heterocycles. The number of hydrogen-bond acceptors (Lipinski definition) is 2. The van der Waals surface area contributed by atoms with Crippen LogP contribution in [0.25, 0.3) is 0 Å². The minimum Gasteiger partial charge on any atom is -0.494 e. The fraction of sp³-hybridized carbons (Fsp3) is 0.364. The van der Waals surface area contributed by atoms with Gasteiger partial charge in [0.1, 0.15) is 13.5 Å². The number of methoxy groups -OCH3 is 1. The van der Waals surface area contributed by atoms with Crippen molar-refractivity contribution >= 4 is 13.5 Å². The lowest BCUT2D eigenvalue weighted by Crippen LogP contribution is -2.33. The first-order valence-corrected chi connectivity index (χ1v) is 8.24. The van der Waals surface area contributed by atoms with Gasteiger partial charge in [-0.25, -0.2) is 4.39 Å². The van der Waals surface area contributed by atoms with Crippen LogP contribution < -0.4 is 4.74 Å². The molecule has 4 heteroatoms. The molecule has 0 heterocycles. The molecule has 0 N–H and O–H groups in total. The molecule has 15 heavy (non-hydrogen) atoms. The molecule has 2 nitrogen and oxygen atoms in total. The Kier molecular flexibility index (Phi) is 3.29. The number of carbonyl (C=O) groups excluding carboxylic acids is 1.